The molecular formula is C12H17NO4. The van der Waals surface area contributed by atoms with E-state index in [-0.39, 0.29) is 5.97 Å². The minimum absolute atomic E-state index is 0.315. The molecule has 1 fully saturated rings. The van der Waals surface area contributed by atoms with Crippen LogP contribution >= 0.6 is 0 Å². The normalized spacial score (nSPS) is 17.0. The van der Waals surface area contributed by atoms with Crippen molar-refractivity contribution in [1.29, 1.82) is 0 Å². The van der Waals surface area contributed by atoms with Crippen LogP contribution in [-0.2, 0) is 16.0 Å². The van der Waals surface area contributed by atoms with Crippen molar-refractivity contribution in [2.24, 2.45) is 0 Å². The summed E-state index contributed by atoms with van der Waals surface area (Å²) in [5.74, 6) is 0.356. The van der Waals surface area contributed by atoms with Gasteiger partial charge in [0, 0.05) is 13.1 Å². The number of morpholine rings is 1. The van der Waals surface area contributed by atoms with Gasteiger partial charge in [-0.1, -0.05) is 0 Å². The maximum absolute atomic E-state index is 11.6. The zero-order chi connectivity index (χ0) is 12.1. The Hall–Kier alpha value is -1.33. The number of esters is 1. The fourth-order valence-electron chi connectivity index (χ4n) is 1.82. The summed E-state index contributed by atoms with van der Waals surface area (Å²) < 4.78 is 15.6. The van der Waals surface area contributed by atoms with Gasteiger partial charge in [-0.15, -0.1) is 0 Å². The lowest BCUT2D eigenvalue weighted by atomic mass is 10.2. The summed E-state index contributed by atoms with van der Waals surface area (Å²) in [6, 6.07) is 1.66. The zero-order valence-electron chi connectivity index (χ0n) is 9.98. The molecule has 0 atom stereocenters. The van der Waals surface area contributed by atoms with E-state index in [1.54, 1.807) is 13.0 Å². The number of rotatable bonds is 4. The molecule has 0 bridgehead atoms. The van der Waals surface area contributed by atoms with Gasteiger partial charge in [-0.2, -0.15) is 0 Å². The molecule has 0 radical (unpaired) electrons. The van der Waals surface area contributed by atoms with Gasteiger partial charge in [0.25, 0.3) is 0 Å². The van der Waals surface area contributed by atoms with Gasteiger partial charge in [0.1, 0.15) is 11.3 Å². The van der Waals surface area contributed by atoms with E-state index in [4.69, 9.17) is 13.9 Å². The Morgan fingerprint density at radius 3 is 2.94 bits per heavy atom. The SMILES string of the molecule is CCOC(=O)c1ccoc1CN1CCOCC1. The molecule has 0 N–H and O–H groups in total. The van der Waals surface area contributed by atoms with Gasteiger partial charge in [-0.25, -0.2) is 4.79 Å². The van der Waals surface area contributed by atoms with Crippen LogP contribution in [0, 0.1) is 0 Å². The Balaban J connectivity index is 2.00. The fourth-order valence-corrected chi connectivity index (χ4v) is 1.82. The van der Waals surface area contributed by atoms with E-state index < -0.39 is 0 Å². The van der Waals surface area contributed by atoms with Gasteiger partial charge in [0.2, 0.25) is 0 Å². The summed E-state index contributed by atoms with van der Waals surface area (Å²) in [5.41, 5.74) is 0.526. The number of nitrogens with zero attached hydrogens (tertiary/aromatic N) is 1. The Morgan fingerprint density at radius 2 is 2.24 bits per heavy atom. The van der Waals surface area contributed by atoms with Gasteiger partial charge < -0.3 is 13.9 Å². The minimum Gasteiger partial charge on any atom is -0.467 e. The highest BCUT2D eigenvalue weighted by molar-refractivity contribution is 5.90. The molecule has 5 heteroatoms. The smallest absolute Gasteiger partial charge is 0.341 e. The maximum Gasteiger partial charge on any atom is 0.341 e. The van der Waals surface area contributed by atoms with Crippen LogP contribution in [0.1, 0.15) is 23.0 Å². The topological polar surface area (TPSA) is 51.9 Å². The second-order valence-electron chi connectivity index (χ2n) is 3.87. The first kappa shape index (κ1) is 12.1. The number of carbonyl (C=O) groups is 1. The van der Waals surface area contributed by atoms with Gasteiger partial charge in [0.05, 0.1) is 32.6 Å². The number of hydrogen-bond donors (Lipinski definition) is 0. The van der Waals surface area contributed by atoms with Crippen LogP contribution in [0.2, 0.25) is 0 Å². The molecule has 0 spiro atoms. The first-order valence-electron chi connectivity index (χ1n) is 5.85. The predicted octanol–water partition coefficient (Wildman–Crippen LogP) is 1.29. The quantitative estimate of drug-likeness (QED) is 0.741. The monoisotopic (exact) mass is 239 g/mol. The molecule has 1 aromatic heterocycles. The van der Waals surface area contributed by atoms with Crippen molar-refractivity contribution in [3.63, 3.8) is 0 Å². The van der Waals surface area contributed by atoms with Crippen LogP contribution in [0.5, 0.6) is 0 Å². The van der Waals surface area contributed by atoms with Crippen LogP contribution in [0.4, 0.5) is 0 Å². The zero-order valence-corrected chi connectivity index (χ0v) is 9.98. The molecule has 17 heavy (non-hydrogen) atoms. The first-order valence-corrected chi connectivity index (χ1v) is 5.85. The number of hydrogen-bond acceptors (Lipinski definition) is 5. The summed E-state index contributed by atoms with van der Waals surface area (Å²) in [6.07, 6.45) is 1.53. The third kappa shape index (κ3) is 3.08. The van der Waals surface area contributed by atoms with Crippen LogP contribution < -0.4 is 0 Å². The molecular weight excluding hydrogens is 222 g/mol. The van der Waals surface area contributed by atoms with Crippen molar-refractivity contribution in [1.82, 2.24) is 4.90 Å². The van der Waals surface area contributed by atoms with Crippen molar-refractivity contribution in [2.45, 2.75) is 13.5 Å². The maximum atomic E-state index is 11.6. The van der Waals surface area contributed by atoms with Gasteiger partial charge in [-0.3, -0.25) is 4.90 Å². The Bertz CT molecular complexity index is 368. The molecule has 0 aliphatic carbocycles. The highest BCUT2D eigenvalue weighted by atomic mass is 16.5. The molecule has 1 aliphatic rings. The average molecular weight is 239 g/mol. The lowest BCUT2D eigenvalue weighted by Crippen LogP contribution is -2.35. The van der Waals surface area contributed by atoms with Crippen molar-refractivity contribution >= 4 is 5.97 Å². The van der Waals surface area contributed by atoms with Crippen LogP contribution in [-0.4, -0.2) is 43.8 Å². The van der Waals surface area contributed by atoms with E-state index >= 15 is 0 Å². The van der Waals surface area contributed by atoms with E-state index in [9.17, 15) is 4.79 Å². The van der Waals surface area contributed by atoms with Crippen LogP contribution in [0.25, 0.3) is 0 Å². The molecule has 5 nitrogen and oxygen atoms in total. The van der Waals surface area contributed by atoms with Crippen molar-refractivity contribution in [3.05, 3.63) is 23.7 Å². The highest BCUT2D eigenvalue weighted by Crippen LogP contribution is 2.15. The van der Waals surface area contributed by atoms with E-state index in [2.05, 4.69) is 4.90 Å². The molecule has 0 unspecified atom stereocenters. The molecule has 0 amide bonds. The third-order valence-corrected chi connectivity index (χ3v) is 2.71. The lowest BCUT2D eigenvalue weighted by molar-refractivity contribution is 0.0307. The van der Waals surface area contributed by atoms with E-state index in [1.807, 2.05) is 0 Å². The minimum atomic E-state index is -0.315. The summed E-state index contributed by atoms with van der Waals surface area (Å²) in [7, 11) is 0. The second-order valence-corrected chi connectivity index (χ2v) is 3.87. The van der Waals surface area contributed by atoms with Crippen LogP contribution in [0.15, 0.2) is 16.7 Å². The van der Waals surface area contributed by atoms with E-state index in [1.165, 1.54) is 6.26 Å². The summed E-state index contributed by atoms with van der Waals surface area (Å²) in [4.78, 5) is 13.8. The number of ether oxygens (including phenoxy) is 2. The largest absolute Gasteiger partial charge is 0.467 e. The second kappa shape index (κ2) is 5.84. The Morgan fingerprint density at radius 1 is 1.47 bits per heavy atom. The summed E-state index contributed by atoms with van der Waals surface area (Å²) >= 11 is 0. The molecule has 2 heterocycles. The fraction of sp³-hybridized carbons (Fsp3) is 0.583. The first-order chi connectivity index (χ1) is 8.31. The van der Waals surface area contributed by atoms with E-state index in [0.29, 0.717) is 24.5 Å². The molecule has 2 rings (SSSR count). The Kier molecular flexibility index (Phi) is 4.17. The standard InChI is InChI=1S/C12H17NO4/c1-2-16-12(14)10-3-6-17-11(10)9-13-4-7-15-8-5-13/h3,6H,2,4-5,7-9H2,1H3. The lowest BCUT2D eigenvalue weighted by Gasteiger charge is -2.25. The van der Waals surface area contributed by atoms with Gasteiger partial charge in [0.15, 0.2) is 0 Å². The van der Waals surface area contributed by atoms with Crippen molar-refractivity contribution < 1.29 is 18.7 Å². The van der Waals surface area contributed by atoms with E-state index in [0.717, 1.165) is 26.3 Å². The van der Waals surface area contributed by atoms with Gasteiger partial charge in [-0.05, 0) is 13.0 Å². The number of carbonyl (C=O) groups excluding carboxylic acids is 1. The molecule has 1 aliphatic heterocycles. The molecule has 1 saturated heterocycles. The van der Waals surface area contributed by atoms with Gasteiger partial charge >= 0.3 is 5.97 Å². The summed E-state index contributed by atoms with van der Waals surface area (Å²) in [5, 5.41) is 0. The summed E-state index contributed by atoms with van der Waals surface area (Å²) in [6.45, 7) is 5.99. The highest BCUT2D eigenvalue weighted by Gasteiger charge is 2.19. The molecule has 1 aromatic rings. The molecule has 0 saturated carbocycles. The molecule has 0 aromatic carbocycles. The number of furan rings is 1. The predicted molar refractivity (Wildman–Crippen MR) is 60.8 cm³/mol. The average Bonchev–Trinajstić information content (AvgIpc) is 2.79. The van der Waals surface area contributed by atoms with Crippen molar-refractivity contribution in [2.75, 3.05) is 32.9 Å². The molecule has 94 valence electrons. The third-order valence-electron chi connectivity index (χ3n) is 2.71. The van der Waals surface area contributed by atoms with Crippen LogP contribution in [0.3, 0.4) is 0 Å². The van der Waals surface area contributed by atoms with Crippen molar-refractivity contribution in [3.8, 4) is 0 Å². The Labute approximate surface area is 100 Å².